The molecule has 0 bridgehead atoms. The Bertz CT molecular complexity index is 1410. The Hall–Kier alpha value is -4.06. The van der Waals surface area contributed by atoms with Gasteiger partial charge in [-0.05, 0) is 25.3 Å². The summed E-state index contributed by atoms with van der Waals surface area (Å²) in [5.41, 5.74) is 0.362. The fourth-order valence-corrected chi connectivity index (χ4v) is 4.74. The van der Waals surface area contributed by atoms with E-state index in [2.05, 4.69) is 10.3 Å². The van der Waals surface area contributed by atoms with Crippen LogP contribution in [-0.4, -0.2) is 75.9 Å². The monoisotopic (exact) mass is 544 g/mol. The minimum Gasteiger partial charge on any atom is -0.484 e. The van der Waals surface area contributed by atoms with Crippen LogP contribution in [0.15, 0.2) is 41.2 Å². The summed E-state index contributed by atoms with van der Waals surface area (Å²) in [6, 6.07) is 9.75. The average molecular weight is 545 g/mol. The molecule has 3 N–H and O–H groups in total. The first-order valence-corrected chi connectivity index (χ1v) is 12.7. The van der Waals surface area contributed by atoms with Gasteiger partial charge in [0.05, 0.1) is 12.1 Å². The topological polar surface area (TPSA) is 134 Å². The number of piperidine rings is 1. The number of aromatic amines is 1. The molecule has 208 valence electrons. The summed E-state index contributed by atoms with van der Waals surface area (Å²) >= 11 is 0. The van der Waals surface area contributed by atoms with E-state index in [1.165, 1.54) is 9.47 Å². The van der Waals surface area contributed by atoms with Gasteiger partial charge in [0.1, 0.15) is 24.3 Å². The molecule has 3 aromatic rings. The van der Waals surface area contributed by atoms with E-state index in [0.29, 0.717) is 43.6 Å². The summed E-state index contributed by atoms with van der Waals surface area (Å²) in [7, 11) is 0. The Kier molecular flexibility index (Phi) is 8.75. The first kappa shape index (κ1) is 28.0. The fourth-order valence-electron chi connectivity index (χ4n) is 4.74. The summed E-state index contributed by atoms with van der Waals surface area (Å²) in [6.45, 7) is 0.590. The van der Waals surface area contributed by atoms with Gasteiger partial charge >= 0.3 is 0 Å². The molecule has 0 saturated carbocycles. The van der Waals surface area contributed by atoms with E-state index < -0.39 is 37.0 Å². The van der Waals surface area contributed by atoms with Crippen molar-refractivity contribution in [3.05, 3.63) is 63.7 Å². The SMILES string of the molecule is CCc1cc2[nH]c(C(=O)NC3CCN(C(=O)CO)CC3)c(OCC(F)F)c2c(=O)n1CC(=O)c1ccccc1. The highest BCUT2D eigenvalue weighted by molar-refractivity contribution is 6.03. The number of nitrogens with one attached hydrogen (secondary N) is 2. The zero-order chi connectivity index (χ0) is 28.1. The van der Waals surface area contributed by atoms with Gasteiger partial charge in [0.2, 0.25) is 5.91 Å². The predicted molar refractivity (Wildman–Crippen MR) is 138 cm³/mol. The van der Waals surface area contributed by atoms with Crippen molar-refractivity contribution in [3.8, 4) is 5.75 Å². The second-order valence-electron chi connectivity index (χ2n) is 9.28. The van der Waals surface area contributed by atoms with Crippen molar-refractivity contribution in [2.75, 3.05) is 26.3 Å². The number of H-pyrrole nitrogens is 1. The van der Waals surface area contributed by atoms with E-state index in [4.69, 9.17) is 9.84 Å². The molecule has 1 saturated heterocycles. The van der Waals surface area contributed by atoms with E-state index >= 15 is 0 Å². The summed E-state index contributed by atoms with van der Waals surface area (Å²) in [5, 5.41) is 11.8. The number of alkyl halides is 2. The van der Waals surface area contributed by atoms with Crippen LogP contribution in [0.2, 0.25) is 0 Å². The molecule has 10 nitrogen and oxygen atoms in total. The van der Waals surface area contributed by atoms with Crippen LogP contribution in [0.1, 0.15) is 46.3 Å². The van der Waals surface area contributed by atoms with Crippen LogP contribution in [0.25, 0.3) is 10.9 Å². The highest BCUT2D eigenvalue weighted by atomic mass is 19.3. The highest BCUT2D eigenvalue weighted by Gasteiger charge is 2.28. The molecule has 2 amide bonds. The number of aromatic nitrogens is 2. The molecule has 1 aliphatic heterocycles. The number of likely N-dealkylation sites (tertiary alicyclic amines) is 1. The number of aliphatic hydroxyl groups is 1. The number of rotatable bonds is 10. The minimum atomic E-state index is -2.85. The lowest BCUT2D eigenvalue weighted by molar-refractivity contribution is -0.135. The van der Waals surface area contributed by atoms with Crippen LogP contribution in [-0.2, 0) is 17.8 Å². The zero-order valence-corrected chi connectivity index (χ0v) is 21.4. The normalized spacial score (nSPS) is 14.1. The number of hydrogen-bond acceptors (Lipinski definition) is 6. The van der Waals surface area contributed by atoms with Crippen LogP contribution < -0.4 is 15.6 Å². The Balaban J connectivity index is 1.68. The molecular formula is C27H30F2N4O6. The molecule has 1 aromatic carbocycles. The highest BCUT2D eigenvalue weighted by Crippen LogP contribution is 2.29. The van der Waals surface area contributed by atoms with Crippen molar-refractivity contribution in [1.82, 2.24) is 19.8 Å². The van der Waals surface area contributed by atoms with Gasteiger partial charge in [0.15, 0.2) is 11.5 Å². The van der Waals surface area contributed by atoms with Gasteiger partial charge in [-0.25, -0.2) is 8.78 Å². The van der Waals surface area contributed by atoms with Crippen LogP contribution in [0.5, 0.6) is 5.75 Å². The van der Waals surface area contributed by atoms with Crippen molar-refractivity contribution in [2.45, 2.75) is 45.2 Å². The van der Waals surface area contributed by atoms with Crippen LogP contribution in [0.4, 0.5) is 8.78 Å². The number of fused-ring (bicyclic) bond motifs is 1. The summed E-state index contributed by atoms with van der Waals surface area (Å²) in [6.07, 6.45) is -1.60. The third-order valence-corrected chi connectivity index (χ3v) is 6.76. The smallest absolute Gasteiger partial charge is 0.272 e. The number of carbonyl (C=O) groups excluding carboxylic acids is 3. The van der Waals surface area contributed by atoms with Crippen molar-refractivity contribution in [3.63, 3.8) is 0 Å². The summed E-state index contributed by atoms with van der Waals surface area (Å²) in [5.74, 6) is -1.65. The number of benzene rings is 1. The van der Waals surface area contributed by atoms with Crippen LogP contribution >= 0.6 is 0 Å². The molecule has 0 aliphatic carbocycles. The lowest BCUT2D eigenvalue weighted by Crippen LogP contribution is -2.47. The van der Waals surface area contributed by atoms with Crippen molar-refractivity contribution in [1.29, 1.82) is 0 Å². The van der Waals surface area contributed by atoms with Crippen LogP contribution in [0, 0.1) is 0 Å². The average Bonchev–Trinajstić information content (AvgIpc) is 3.32. The number of amides is 2. The van der Waals surface area contributed by atoms with Crippen molar-refractivity contribution < 1.29 is 33.0 Å². The van der Waals surface area contributed by atoms with Gasteiger partial charge in [-0.2, -0.15) is 0 Å². The van der Waals surface area contributed by atoms with Crippen molar-refractivity contribution >= 4 is 28.5 Å². The van der Waals surface area contributed by atoms with E-state index in [9.17, 15) is 28.0 Å². The first-order valence-electron chi connectivity index (χ1n) is 12.7. The quantitative estimate of drug-likeness (QED) is 0.335. The largest absolute Gasteiger partial charge is 0.484 e. The lowest BCUT2D eigenvalue weighted by atomic mass is 10.0. The van der Waals surface area contributed by atoms with Crippen LogP contribution in [0.3, 0.4) is 0 Å². The first-order chi connectivity index (χ1) is 18.7. The Labute approximate surface area is 222 Å². The number of halogens is 2. The molecule has 3 heterocycles. The second-order valence-corrected chi connectivity index (χ2v) is 9.28. The number of aryl methyl sites for hydroxylation is 1. The maximum Gasteiger partial charge on any atom is 0.272 e. The van der Waals surface area contributed by atoms with Gasteiger partial charge in [0, 0.05) is 30.4 Å². The van der Waals surface area contributed by atoms with Gasteiger partial charge in [-0.1, -0.05) is 37.3 Å². The Morgan fingerprint density at radius 2 is 1.87 bits per heavy atom. The third-order valence-electron chi connectivity index (χ3n) is 6.76. The van der Waals surface area contributed by atoms with Gasteiger partial charge < -0.3 is 29.6 Å². The van der Waals surface area contributed by atoms with Gasteiger partial charge in [-0.3, -0.25) is 19.2 Å². The number of carbonyl (C=O) groups is 3. The number of hydrogen-bond donors (Lipinski definition) is 3. The van der Waals surface area contributed by atoms with E-state index in [0.717, 1.165) is 0 Å². The molecule has 0 unspecified atom stereocenters. The molecular weight excluding hydrogens is 514 g/mol. The lowest BCUT2D eigenvalue weighted by Gasteiger charge is -2.32. The number of aliphatic hydroxyl groups excluding tert-OH is 1. The molecule has 0 radical (unpaired) electrons. The maximum atomic E-state index is 13.6. The van der Waals surface area contributed by atoms with Gasteiger partial charge in [-0.15, -0.1) is 0 Å². The van der Waals surface area contributed by atoms with E-state index in [1.807, 2.05) is 6.92 Å². The number of ketones is 1. The third kappa shape index (κ3) is 6.17. The standard InChI is InChI=1S/C27H30F2N4O6/c1-2-18-12-19-23(27(38)33(18)13-20(35)16-6-4-3-5-7-16)25(39-15-21(28)29)24(31-19)26(37)30-17-8-10-32(11-9-17)22(36)14-34/h3-7,12,17,21,31,34H,2,8-11,13-15H2,1H3,(H,30,37). The number of nitrogens with zero attached hydrogens (tertiary/aromatic N) is 2. The molecule has 2 aromatic heterocycles. The molecule has 1 fully saturated rings. The zero-order valence-electron chi connectivity index (χ0n) is 21.4. The predicted octanol–water partition coefficient (Wildman–Crippen LogP) is 2.13. The number of ether oxygens (including phenoxy) is 1. The van der Waals surface area contributed by atoms with E-state index in [1.54, 1.807) is 36.4 Å². The molecule has 0 spiro atoms. The minimum absolute atomic E-state index is 0.0952. The molecule has 1 aliphatic rings. The molecule has 39 heavy (non-hydrogen) atoms. The summed E-state index contributed by atoms with van der Waals surface area (Å²) in [4.78, 5) is 55.8. The van der Waals surface area contributed by atoms with Gasteiger partial charge in [0.25, 0.3) is 17.9 Å². The Morgan fingerprint density at radius 1 is 1.18 bits per heavy atom. The second kappa shape index (κ2) is 12.2. The molecule has 0 atom stereocenters. The van der Waals surface area contributed by atoms with Crippen molar-refractivity contribution in [2.24, 2.45) is 0 Å². The maximum absolute atomic E-state index is 13.6. The number of Topliss-reactive ketones (excluding diaryl/α,β-unsaturated/α-hetero) is 1. The fraction of sp³-hybridized carbons (Fsp3) is 0.407. The van der Waals surface area contributed by atoms with E-state index in [-0.39, 0.29) is 40.7 Å². The number of pyridine rings is 1. The summed E-state index contributed by atoms with van der Waals surface area (Å²) < 4.78 is 32.8. The molecule has 4 rings (SSSR count). The Morgan fingerprint density at radius 3 is 2.49 bits per heavy atom. The molecule has 12 heteroatoms.